The largest absolute Gasteiger partial charge is 0.423 e. The van der Waals surface area contributed by atoms with Crippen LogP contribution in [-0.4, -0.2) is 63.1 Å². The number of nitrogens with one attached hydrogen (secondary N) is 1. The third kappa shape index (κ3) is 5.43. The Kier molecular flexibility index (Phi) is 7.07. The molecule has 2 aliphatic rings. The number of aryl methyl sites for hydroxylation is 1. The summed E-state index contributed by atoms with van der Waals surface area (Å²) in [6, 6.07) is 4.72. The van der Waals surface area contributed by atoms with Gasteiger partial charge < -0.3 is 9.73 Å². The number of pyridine rings is 1. The Bertz CT molecular complexity index is 803. The molecule has 162 valence electrons. The number of likely N-dealkylation sites (tertiary alicyclic amines) is 2. The highest BCUT2D eigenvalue weighted by molar-refractivity contribution is 5.78. The van der Waals surface area contributed by atoms with Crippen molar-refractivity contribution >= 4 is 5.91 Å². The normalized spacial score (nSPS) is 21.6. The van der Waals surface area contributed by atoms with Gasteiger partial charge in [-0.3, -0.25) is 19.6 Å². The van der Waals surface area contributed by atoms with Crippen molar-refractivity contribution in [3.05, 3.63) is 41.9 Å². The molecule has 1 N–H and O–H groups in total. The minimum atomic E-state index is 0.0424. The van der Waals surface area contributed by atoms with Gasteiger partial charge >= 0.3 is 0 Å². The molecular weight excluding hydrogens is 380 g/mol. The Morgan fingerprint density at radius 3 is 2.77 bits per heavy atom. The number of piperidine rings is 2. The van der Waals surface area contributed by atoms with Gasteiger partial charge in [-0.25, -0.2) is 0 Å². The van der Waals surface area contributed by atoms with Crippen LogP contribution in [0.2, 0.25) is 0 Å². The molecule has 0 unspecified atom stereocenters. The molecule has 0 aromatic carbocycles. The number of carbonyl (C=O) groups is 1. The molecule has 1 atom stereocenters. The van der Waals surface area contributed by atoms with Gasteiger partial charge in [-0.15, -0.1) is 10.2 Å². The van der Waals surface area contributed by atoms with E-state index in [2.05, 4.69) is 36.4 Å². The zero-order valence-electron chi connectivity index (χ0n) is 17.8. The molecule has 2 saturated heterocycles. The summed E-state index contributed by atoms with van der Waals surface area (Å²) in [6.45, 7) is 7.41. The van der Waals surface area contributed by atoms with Crippen LogP contribution in [0.4, 0.5) is 0 Å². The summed E-state index contributed by atoms with van der Waals surface area (Å²) in [5.41, 5.74) is 1.28. The third-order valence-electron chi connectivity index (χ3n) is 6.25. The maximum Gasteiger partial charge on any atom is 0.235 e. The van der Waals surface area contributed by atoms with Crippen molar-refractivity contribution in [3.8, 4) is 0 Å². The van der Waals surface area contributed by atoms with Crippen LogP contribution in [0.5, 0.6) is 0 Å². The van der Waals surface area contributed by atoms with Crippen LogP contribution >= 0.6 is 0 Å². The lowest BCUT2D eigenvalue weighted by molar-refractivity contribution is -0.127. The van der Waals surface area contributed by atoms with Crippen molar-refractivity contribution in [2.75, 3.05) is 26.2 Å². The molecule has 0 radical (unpaired) electrons. The SMILES string of the molecule is CCc1nnc(CNC(=O)[C@@H]2CCCN(C3CCN(Cc4cccnc4)CC3)C2)o1. The molecule has 0 saturated carbocycles. The molecule has 1 amide bonds. The predicted molar refractivity (Wildman–Crippen MR) is 112 cm³/mol. The first-order valence-corrected chi connectivity index (χ1v) is 11.2. The highest BCUT2D eigenvalue weighted by Crippen LogP contribution is 2.24. The number of aromatic nitrogens is 3. The fourth-order valence-corrected chi connectivity index (χ4v) is 4.55. The Hall–Kier alpha value is -2.32. The Morgan fingerprint density at radius 1 is 1.20 bits per heavy atom. The summed E-state index contributed by atoms with van der Waals surface area (Å²) in [6.07, 6.45) is 8.84. The Labute approximate surface area is 178 Å². The van der Waals surface area contributed by atoms with Gasteiger partial charge in [0.25, 0.3) is 0 Å². The van der Waals surface area contributed by atoms with Crippen LogP contribution in [-0.2, 0) is 24.3 Å². The molecule has 2 aliphatic heterocycles. The second kappa shape index (κ2) is 10.1. The topological polar surface area (TPSA) is 87.4 Å². The minimum absolute atomic E-state index is 0.0424. The molecular formula is C22H32N6O2. The van der Waals surface area contributed by atoms with E-state index in [1.807, 2.05) is 25.4 Å². The second-order valence-corrected chi connectivity index (χ2v) is 8.36. The average Bonchev–Trinajstić information content (AvgIpc) is 3.27. The molecule has 0 bridgehead atoms. The molecule has 4 rings (SSSR count). The van der Waals surface area contributed by atoms with Gasteiger partial charge in [-0.1, -0.05) is 13.0 Å². The molecule has 0 aliphatic carbocycles. The molecule has 30 heavy (non-hydrogen) atoms. The van der Waals surface area contributed by atoms with Crippen molar-refractivity contribution in [2.24, 2.45) is 5.92 Å². The first-order chi connectivity index (χ1) is 14.7. The van der Waals surface area contributed by atoms with Gasteiger partial charge in [0.1, 0.15) is 0 Å². The van der Waals surface area contributed by atoms with E-state index in [9.17, 15) is 4.79 Å². The number of hydrogen-bond acceptors (Lipinski definition) is 7. The van der Waals surface area contributed by atoms with E-state index < -0.39 is 0 Å². The maximum absolute atomic E-state index is 12.7. The van der Waals surface area contributed by atoms with Crippen LogP contribution < -0.4 is 5.32 Å². The lowest BCUT2D eigenvalue weighted by atomic mass is 9.93. The summed E-state index contributed by atoms with van der Waals surface area (Å²) >= 11 is 0. The summed E-state index contributed by atoms with van der Waals surface area (Å²) < 4.78 is 5.48. The predicted octanol–water partition coefficient (Wildman–Crippen LogP) is 2.02. The average molecular weight is 413 g/mol. The smallest absolute Gasteiger partial charge is 0.235 e. The molecule has 2 fully saturated rings. The molecule has 4 heterocycles. The van der Waals surface area contributed by atoms with Crippen LogP contribution in [0.3, 0.4) is 0 Å². The zero-order valence-corrected chi connectivity index (χ0v) is 17.8. The Balaban J connectivity index is 1.22. The molecule has 2 aromatic heterocycles. The quantitative estimate of drug-likeness (QED) is 0.744. The maximum atomic E-state index is 12.7. The van der Waals surface area contributed by atoms with E-state index >= 15 is 0 Å². The van der Waals surface area contributed by atoms with E-state index in [4.69, 9.17) is 4.42 Å². The van der Waals surface area contributed by atoms with E-state index in [0.29, 0.717) is 30.8 Å². The van der Waals surface area contributed by atoms with Gasteiger partial charge in [-0.2, -0.15) is 0 Å². The van der Waals surface area contributed by atoms with Crippen molar-refractivity contribution in [3.63, 3.8) is 0 Å². The van der Waals surface area contributed by atoms with Crippen molar-refractivity contribution < 1.29 is 9.21 Å². The fourth-order valence-electron chi connectivity index (χ4n) is 4.55. The first-order valence-electron chi connectivity index (χ1n) is 11.2. The van der Waals surface area contributed by atoms with Crippen LogP contribution in [0.1, 0.15) is 50.0 Å². The highest BCUT2D eigenvalue weighted by atomic mass is 16.4. The number of rotatable bonds is 7. The second-order valence-electron chi connectivity index (χ2n) is 8.36. The lowest BCUT2D eigenvalue weighted by Crippen LogP contribution is -2.50. The number of carbonyl (C=O) groups excluding carboxylic acids is 1. The van der Waals surface area contributed by atoms with Crippen LogP contribution in [0.15, 0.2) is 28.9 Å². The van der Waals surface area contributed by atoms with Crippen LogP contribution in [0, 0.1) is 5.92 Å². The summed E-state index contributed by atoms with van der Waals surface area (Å²) in [4.78, 5) is 22.0. The van der Waals surface area contributed by atoms with Gasteiger partial charge in [0.2, 0.25) is 17.7 Å². The van der Waals surface area contributed by atoms with E-state index in [-0.39, 0.29) is 11.8 Å². The first kappa shape index (κ1) is 20.9. The minimum Gasteiger partial charge on any atom is -0.423 e. The van der Waals surface area contributed by atoms with Gasteiger partial charge in [-0.05, 0) is 56.9 Å². The number of hydrogen-bond donors (Lipinski definition) is 1. The van der Waals surface area contributed by atoms with Crippen molar-refractivity contribution in [1.82, 2.24) is 30.3 Å². The van der Waals surface area contributed by atoms with Gasteiger partial charge in [0.05, 0.1) is 12.5 Å². The fraction of sp³-hybridized carbons (Fsp3) is 0.636. The van der Waals surface area contributed by atoms with Gasteiger partial charge in [0.15, 0.2) is 0 Å². The van der Waals surface area contributed by atoms with Gasteiger partial charge in [0, 0.05) is 37.9 Å². The number of amides is 1. The van der Waals surface area contributed by atoms with E-state index in [1.54, 1.807) is 0 Å². The number of nitrogens with zero attached hydrogens (tertiary/aromatic N) is 5. The molecule has 0 spiro atoms. The third-order valence-corrected chi connectivity index (χ3v) is 6.25. The van der Waals surface area contributed by atoms with Crippen molar-refractivity contribution in [1.29, 1.82) is 0 Å². The standard InChI is InChI=1S/C22H32N6O2/c1-2-20-25-26-21(30-20)14-24-22(29)18-6-4-10-28(16-18)19-7-11-27(12-8-19)15-17-5-3-9-23-13-17/h3,5,9,13,18-19H,2,4,6-8,10-12,14-16H2,1H3,(H,24,29)/t18-/m1/s1. The lowest BCUT2D eigenvalue weighted by Gasteiger charge is -2.42. The highest BCUT2D eigenvalue weighted by Gasteiger charge is 2.31. The zero-order chi connectivity index (χ0) is 20.8. The Morgan fingerprint density at radius 2 is 2.03 bits per heavy atom. The van der Waals surface area contributed by atoms with Crippen molar-refractivity contribution in [2.45, 2.75) is 58.2 Å². The van der Waals surface area contributed by atoms with E-state index in [1.165, 1.54) is 5.56 Å². The van der Waals surface area contributed by atoms with Crippen LogP contribution in [0.25, 0.3) is 0 Å². The summed E-state index contributed by atoms with van der Waals surface area (Å²) in [5, 5.41) is 10.9. The summed E-state index contributed by atoms with van der Waals surface area (Å²) in [5.74, 6) is 1.23. The van der Waals surface area contributed by atoms with E-state index in [0.717, 1.165) is 58.4 Å². The monoisotopic (exact) mass is 412 g/mol. The molecule has 2 aromatic rings. The summed E-state index contributed by atoms with van der Waals surface area (Å²) in [7, 11) is 0. The molecule has 8 nitrogen and oxygen atoms in total. The molecule has 8 heteroatoms.